The molecule has 19 heavy (non-hydrogen) atoms. The molecule has 0 aliphatic heterocycles. The van der Waals surface area contributed by atoms with E-state index in [9.17, 15) is 9.59 Å². The lowest BCUT2D eigenvalue weighted by atomic mass is 10.2. The summed E-state index contributed by atoms with van der Waals surface area (Å²) in [5, 5.41) is 11.6. The predicted octanol–water partition coefficient (Wildman–Crippen LogP) is 3.30. The maximum atomic E-state index is 11.9. The minimum absolute atomic E-state index is 0.0144. The van der Waals surface area contributed by atoms with Crippen molar-refractivity contribution in [2.24, 2.45) is 0 Å². The first-order valence-electron chi connectivity index (χ1n) is 6.08. The molecule has 0 aliphatic rings. The van der Waals surface area contributed by atoms with Crippen LogP contribution in [0.2, 0.25) is 5.02 Å². The van der Waals surface area contributed by atoms with Gasteiger partial charge in [0.1, 0.15) is 0 Å². The van der Waals surface area contributed by atoms with Crippen LogP contribution in [0.5, 0.6) is 0 Å². The number of benzene rings is 1. The Kier molecular flexibility index (Phi) is 5.63. The molecule has 104 valence electrons. The second kappa shape index (κ2) is 6.99. The molecule has 1 rings (SSSR count). The summed E-state index contributed by atoms with van der Waals surface area (Å²) in [7, 11) is 0. The van der Waals surface area contributed by atoms with E-state index in [0.29, 0.717) is 18.8 Å². The Morgan fingerprint density at radius 3 is 2.53 bits per heavy atom. The number of halogens is 1. The number of carbonyl (C=O) groups excluding carboxylic acids is 1. The second-order valence-electron chi connectivity index (χ2n) is 4.01. The quantitative estimate of drug-likeness (QED) is 0.871. The summed E-state index contributed by atoms with van der Waals surface area (Å²) in [4.78, 5) is 24.4. The minimum atomic E-state index is -1.09. The molecule has 0 aromatic heterocycles. The van der Waals surface area contributed by atoms with Gasteiger partial charge in [-0.3, -0.25) is 0 Å². The number of rotatable bonds is 5. The lowest BCUT2D eigenvalue weighted by Gasteiger charge is -2.20. The Balaban J connectivity index is 2.80. The van der Waals surface area contributed by atoms with E-state index in [-0.39, 0.29) is 16.6 Å². The summed E-state index contributed by atoms with van der Waals surface area (Å²) in [5.41, 5.74) is 0.495. The highest BCUT2D eigenvalue weighted by atomic mass is 35.5. The summed E-state index contributed by atoms with van der Waals surface area (Å²) < 4.78 is 0. The van der Waals surface area contributed by atoms with Crippen LogP contribution in [0.15, 0.2) is 18.2 Å². The number of carboxylic acids is 1. The van der Waals surface area contributed by atoms with Gasteiger partial charge in [0, 0.05) is 18.8 Å². The average Bonchev–Trinajstić information content (AvgIpc) is 2.35. The van der Waals surface area contributed by atoms with E-state index < -0.39 is 5.97 Å². The molecule has 0 radical (unpaired) electrons. The fourth-order valence-electron chi connectivity index (χ4n) is 1.64. The van der Waals surface area contributed by atoms with Crippen LogP contribution in [0.1, 0.15) is 30.6 Å². The summed E-state index contributed by atoms with van der Waals surface area (Å²) in [5.74, 6) is -1.09. The molecular weight excluding hydrogens is 268 g/mol. The number of amides is 2. The molecule has 0 bridgehead atoms. The molecule has 2 N–H and O–H groups in total. The maximum Gasteiger partial charge on any atom is 0.337 e. The van der Waals surface area contributed by atoms with E-state index in [2.05, 4.69) is 5.32 Å². The van der Waals surface area contributed by atoms with Crippen LogP contribution in [-0.4, -0.2) is 35.1 Å². The molecule has 0 heterocycles. The number of carbonyl (C=O) groups is 2. The zero-order valence-corrected chi connectivity index (χ0v) is 11.7. The lowest BCUT2D eigenvalue weighted by molar-refractivity contribution is 0.0697. The number of nitrogens with zero attached hydrogens (tertiary/aromatic N) is 1. The van der Waals surface area contributed by atoms with Crippen molar-refractivity contribution in [3.8, 4) is 0 Å². The molecule has 0 aliphatic carbocycles. The van der Waals surface area contributed by atoms with Gasteiger partial charge in [0.05, 0.1) is 10.6 Å². The number of anilines is 1. The standard InChI is InChI=1S/C13H17ClN2O3/c1-3-7-16(4-2)13(19)15-9-5-6-10(12(17)18)11(14)8-9/h5-6,8H,3-4,7H2,1-2H3,(H,15,19)(H,17,18). The minimum Gasteiger partial charge on any atom is -0.478 e. The molecule has 0 saturated heterocycles. The molecule has 6 heteroatoms. The fourth-order valence-corrected chi connectivity index (χ4v) is 1.90. The van der Waals surface area contributed by atoms with Crippen LogP contribution in [0.4, 0.5) is 10.5 Å². The van der Waals surface area contributed by atoms with Crippen LogP contribution in [0.25, 0.3) is 0 Å². The van der Waals surface area contributed by atoms with Gasteiger partial charge < -0.3 is 15.3 Å². The van der Waals surface area contributed by atoms with Crippen molar-refractivity contribution in [2.75, 3.05) is 18.4 Å². The summed E-state index contributed by atoms with van der Waals surface area (Å²) in [6, 6.07) is 4.11. The van der Waals surface area contributed by atoms with Crippen LogP contribution < -0.4 is 5.32 Å². The molecule has 5 nitrogen and oxygen atoms in total. The number of urea groups is 1. The van der Waals surface area contributed by atoms with Gasteiger partial charge in [0.25, 0.3) is 0 Å². The topological polar surface area (TPSA) is 69.6 Å². The molecule has 1 aromatic rings. The Labute approximate surface area is 117 Å². The Morgan fingerprint density at radius 2 is 2.05 bits per heavy atom. The van der Waals surface area contributed by atoms with Crippen molar-refractivity contribution in [3.05, 3.63) is 28.8 Å². The normalized spacial score (nSPS) is 10.1. The Hall–Kier alpha value is -1.75. The van der Waals surface area contributed by atoms with E-state index in [1.807, 2.05) is 13.8 Å². The van der Waals surface area contributed by atoms with E-state index in [1.165, 1.54) is 18.2 Å². The predicted molar refractivity (Wildman–Crippen MR) is 75.0 cm³/mol. The van der Waals surface area contributed by atoms with E-state index in [1.54, 1.807) is 4.90 Å². The number of nitrogens with one attached hydrogen (secondary N) is 1. The van der Waals surface area contributed by atoms with Gasteiger partial charge in [-0.1, -0.05) is 18.5 Å². The highest BCUT2D eigenvalue weighted by Gasteiger charge is 2.13. The van der Waals surface area contributed by atoms with Crippen molar-refractivity contribution in [1.29, 1.82) is 0 Å². The second-order valence-corrected chi connectivity index (χ2v) is 4.42. The zero-order chi connectivity index (χ0) is 14.4. The SMILES string of the molecule is CCCN(CC)C(=O)Nc1ccc(C(=O)O)c(Cl)c1. The third-order valence-corrected chi connectivity index (χ3v) is 2.93. The van der Waals surface area contributed by atoms with Crippen molar-refractivity contribution in [1.82, 2.24) is 4.90 Å². The Bertz CT molecular complexity index is 477. The van der Waals surface area contributed by atoms with Crippen molar-refractivity contribution in [2.45, 2.75) is 20.3 Å². The number of carboxylic acid groups (broad SMARTS) is 1. The van der Waals surface area contributed by atoms with Gasteiger partial charge in [0.2, 0.25) is 0 Å². The van der Waals surface area contributed by atoms with Gasteiger partial charge in [-0.2, -0.15) is 0 Å². The monoisotopic (exact) mass is 284 g/mol. The highest BCUT2D eigenvalue weighted by Crippen LogP contribution is 2.21. The fraction of sp³-hybridized carbons (Fsp3) is 0.385. The molecule has 0 fully saturated rings. The molecule has 1 aromatic carbocycles. The van der Waals surface area contributed by atoms with Gasteiger partial charge in [0.15, 0.2) is 0 Å². The van der Waals surface area contributed by atoms with Gasteiger partial charge in [-0.05, 0) is 31.5 Å². The first-order chi connectivity index (χ1) is 8.99. The van der Waals surface area contributed by atoms with Crippen LogP contribution in [-0.2, 0) is 0 Å². The average molecular weight is 285 g/mol. The van der Waals surface area contributed by atoms with Gasteiger partial charge in [-0.15, -0.1) is 0 Å². The van der Waals surface area contributed by atoms with Crippen molar-refractivity contribution < 1.29 is 14.7 Å². The molecule has 0 atom stereocenters. The smallest absolute Gasteiger partial charge is 0.337 e. The third-order valence-electron chi connectivity index (χ3n) is 2.61. The number of hydrogen-bond acceptors (Lipinski definition) is 2. The zero-order valence-electron chi connectivity index (χ0n) is 10.9. The van der Waals surface area contributed by atoms with Crippen LogP contribution in [0.3, 0.4) is 0 Å². The highest BCUT2D eigenvalue weighted by molar-refractivity contribution is 6.33. The largest absolute Gasteiger partial charge is 0.478 e. The van der Waals surface area contributed by atoms with Crippen molar-refractivity contribution >= 4 is 29.3 Å². The first kappa shape index (κ1) is 15.3. The molecule has 0 saturated carbocycles. The van der Waals surface area contributed by atoms with Gasteiger partial charge in [-0.25, -0.2) is 9.59 Å². The van der Waals surface area contributed by atoms with E-state index in [4.69, 9.17) is 16.7 Å². The number of aromatic carboxylic acids is 1. The van der Waals surface area contributed by atoms with Crippen molar-refractivity contribution in [3.63, 3.8) is 0 Å². The van der Waals surface area contributed by atoms with Gasteiger partial charge >= 0.3 is 12.0 Å². The van der Waals surface area contributed by atoms with E-state index in [0.717, 1.165) is 6.42 Å². The summed E-state index contributed by atoms with van der Waals surface area (Å²) >= 11 is 5.84. The lowest BCUT2D eigenvalue weighted by Crippen LogP contribution is -2.35. The molecule has 2 amide bonds. The van der Waals surface area contributed by atoms with Crippen LogP contribution >= 0.6 is 11.6 Å². The first-order valence-corrected chi connectivity index (χ1v) is 6.46. The third kappa shape index (κ3) is 4.13. The molecular formula is C13H17ClN2O3. The molecule has 0 spiro atoms. The van der Waals surface area contributed by atoms with E-state index >= 15 is 0 Å². The number of hydrogen-bond donors (Lipinski definition) is 2. The Morgan fingerprint density at radius 1 is 1.37 bits per heavy atom. The maximum absolute atomic E-state index is 11.9. The summed E-state index contributed by atoms with van der Waals surface area (Å²) in [6.45, 7) is 5.17. The molecule has 0 unspecified atom stereocenters. The van der Waals surface area contributed by atoms with Crippen LogP contribution in [0, 0.1) is 0 Å². The summed E-state index contributed by atoms with van der Waals surface area (Å²) in [6.07, 6.45) is 0.875.